The number of amides is 2. The zero-order valence-corrected chi connectivity index (χ0v) is 14.1. The topological polar surface area (TPSA) is 58.6 Å². The van der Waals surface area contributed by atoms with E-state index in [0.29, 0.717) is 18.0 Å². The molecule has 0 bridgehead atoms. The molecule has 1 aliphatic heterocycles. The van der Waals surface area contributed by atoms with Gasteiger partial charge in [-0.1, -0.05) is 0 Å². The zero-order valence-electron chi connectivity index (χ0n) is 14.1. The first-order valence-electron chi connectivity index (χ1n) is 8.08. The van der Waals surface area contributed by atoms with Gasteiger partial charge < -0.3 is 15.0 Å². The third-order valence-electron chi connectivity index (χ3n) is 4.12. The molecule has 0 saturated carbocycles. The Labute approximate surface area is 145 Å². The minimum absolute atomic E-state index is 0.0110. The Bertz CT molecular complexity index is 805. The highest BCUT2D eigenvalue weighted by Gasteiger charge is 2.23. The number of halogens is 1. The van der Waals surface area contributed by atoms with Crippen LogP contribution in [0.5, 0.6) is 5.75 Å². The van der Waals surface area contributed by atoms with Crippen LogP contribution in [0.3, 0.4) is 0 Å². The molecule has 6 heteroatoms. The average molecular weight is 342 g/mol. The van der Waals surface area contributed by atoms with Gasteiger partial charge in [0.25, 0.3) is 5.91 Å². The number of rotatable bonds is 4. The number of hydrogen-bond donors (Lipinski definition) is 1. The van der Waals surface area contributed by atoms with E-state index < -0.39 is 6.10 Å². The van der Waals surface area contributed by atoms with Gasteiger partial charge in [-0.15, -0.1) is 0 Å². The maximum Gasteiger partial charge on any atom is 0.265 e. The van der Waals surface area contributed by atoms with Crippen molar-refractivity contribution < 1.29 is 18.7 Å². The molecule has 5 nitrogen and oxygen atoms in total. The predicted octanol–water partition coefficient (Wildman–Crippen LogP) is 3.14. The first-order valence-corrected chi connectivity index (χ1v) is 8.08. The minimum atomic E-state index is -0.729. The predicted molar refractivity (Wildman–Crippen MR) is 93.3 cm³/mol. The standard InChI is InChI=1S/C19H19FN2O3/c1-12(25-17-6-3-15(20)4-7-17)19(24)21-16-5-8-18-14(11-16)9-10-22(18)13(2)23/h3-8,11-12H,9-10H2,1-2H3,(H,21,24). The van der Waals surface area contributed by atoms with Crippen LogP contribution >= 0.6 is 0 Å². The molecule has 1 N–H and O–H groups in total. The van der Waals surface area contributed by atoms with E-state index in [9.17, 15) is 14.0 Å². The maximum absolute atomic E-state index is 12.9. The second-order valence-corrected chi connectivity index (χ2v) is 5.97. The second kappa shape index (κ2) is 6.93. The fourth-order valence-electron chi connectivity index (χ4n) is 2.82. The second-order valence-electron chi connectivity index (χ2n) is 5.97. The molecule has 0 saturated heterocycles. The summed E-state index contributed by atoms with van der Waals surface area (Å²) >= 11 is 0. The molecule has 1 unspecified atom stereocenters. The van der Waals surface area contributed by atoms with Crippen LogP contribution in [0.2, 0.25) is 0 Å². The van der Waals surface area contributed by atoms with Gasteiger partial charge in [0, 0.05) is 24.8 Å². The summed E-state index contributed by atoms with van der Waals surface area (Å²) in [6, 6.07) is 11.0. The van der Waals surface area contributed by atoms with E-state index in [1.165, 1.54) is 24.3 Å². The molecule has 2 aromatic rings. The number of nitrogens with one attached hydrogen (secondary N) is 1. The molecule has 0 radical (unpaired) electrons. The third kappa shape index (κ3) is 3.79. The van der Waals surface area contributed by atoms with Crippen molar-refractivity contribution in [1.29, 1.82) is 0 Å². The number of anilines is 2. The lowest BCUT2D eigenvalue weighted by Gasteiger charge is -2.16. The molecular weight excluding hydrogens is 323 g/mol. The molecule has 1 atom stereocenters. The van der Waals surface area contributed by atoms with E-state index in [4.69, 9.17) is 4.74 Å². The summed E-state index contributed by atoms with van der Waals surface area (Å²) < 4.78 is 18.4. The van der Waals surface area contributed by atoms with Gasteiger partial charge in [-0.2, -0.15) is 0 Å². The van der Waals surface area contributed by atoms with E-state index >= 15 is 0 Å². The molecule has 2 aromatic carbocycles. The van der Waals surface area contributed by atoms with E-state index in [0.717, 1.165) is 17.7 Å². The van der Waals surface area contributed by atoms with Crippen LogP contribution < -0.4 is 15.0 Å². The lowest BCUT2D eigenvalue weighted by molar-refractivity contribution is -0.122. The normalized spacial score (nSPS) is 14.0. The number of carbonyl (C=O) groups excluding carboxylic acids is 2. The van der Waals surface area contributed by atoms with Crippen LogP contribution in [0, 0.1) is 5.82 Å². The van der Waals surface area contributed by atoms with Crippen molar-refractivity contribution in [3.63, 3.8) is 0 Å². The highest BCUT2D eigenvalue weighted by Crippen LogP contribution is 2.30. The Morgan fingerprint density at radius 2 is 1.92 bits per heavy atom. The van der Waals surface area contributed by atoms with Crippen molar-refractivity contribution in [3.05, 3.63) is 53.8 Å². The molecule has 3 rings (SSSR count). The van der Waals surface area contributed by atoms with Crippen molar-refractivity contribution in [2.75, 3.05) is 16.8 Å². The zero-order chi connectivity index (χ0) is 18.0. The largest absolute Gasteiger partial charge is 0.481 e. The Hall–Kier alpha value is -2.89. The fourth-order valence-corrected chi connectivity index (χ4v) is 2.82. The SMILES string of the molecule is CC(=O)N1CCc2cc(NC(=O)C(C)Oc3ccc(F)cc3)ccc21. The van der Waals surface area contributed by atoms with Crippen molar-refractivity contribution in [1.82, 2.24) is 0 Å². The van der Waals surface area contributed by atoms with Gasteiger partial charge in [-0.3, -0.25) is 9.59 Å². The van der Waals surface area contributed by atoms with Crippen LogP contribution in [-0.4, -0.2) is 24.5 Å². The smallest absolute Gasteiger partial charge is 0.265 e. The van der Waals surface area contributed by atoms with Crippen molar-refractivity contribution in [3.8, 4) is 5.75 Å². The van der Waals surface area contributed by atoms with Crippen LogP contribution in [0.4, 0.5) is 15.8 Å². The van der Waals surface area contributed by atoms with E-state index in [1.54, 1.807) is 24.8 Å². The number of fused-ring (bicyclic) bond motifs is 1. The summed E-state index contributed by atoms with van der Waals surface area (Å²) in [6.07, 6.45) is 0.0349. The number of carbonyl (C=O) groups is 2. The Morgan fingerprint density at radius 3 is 2.60 bits per heavy atom. The Morgan fingerprint density at radius 1 is 1.20 bits per heavy atom. The molecule has 1 aliphatic rings. The Kier molecular flexibility index (Phi) is 4.70. The maximum atomic E-state index is 12.9. The molecule has 0 aliphatic carbocycles. The van der Waals surface area contributed by atoms with Crippen LogP contribution in [-0.2, 0) is 16.0 Å². The lowest BCUT2D eigenvalue weighted by atomic mass is 10.1. The summed E-state index contributed by atoms with van der Waals surface area (Å²) in [5.74, 6) is -0.222. The van der Waals surface area contributed by atoms with Gasteiger partial charge in [0.2, 0.25) is 5.91 Å². The summed E-state index contributed by atoms with van der Waals surface area (Å²) in [7, 11) is 0. The van der Waals surface area contributed by atoms with Crippen LogP contribution in [0.25, 0.3) is 0 Å². The van der Waals surface area contributed by atoms with Gasteiger partial charge in [0.1, 0.15) is 11.6 Å². The van der Waals surface area contributed by atoms with Gasteiger partial charge in [-0.05, 0) is 61.4 Å². The lowest BCUT2D eigenvalue weighted by Crippen LogP contribution is -2.30. The average Bonchev–Trinajstić information content (AvgIpc) is 3.00. The molecule has 25 heavy (non-hydrogen) atoms. The van der Waals surface area contributed by atoms with Crippen molar-refractivity contribution >= 4 is 23.2 Å². The van der Waals surface area contributed by atoms with Gasteiger partial charge in [-0.25, -0.2) is 4.39 Å². The fraction of sp³-hybridized carbons (Fsp3) is 0.263. The summed E-state index contributed by atoms with van der Waals surface area (Å²) in [6.45, 7) is 3.83. The number of hydrogen-bond acceptors (Lipinski definition) is 3. The summed E-state index contributed by atoms with van der Waals surface area (Å²) in [5, 5.41) is 2.81. The highest BCUT2D eigenvalue weighted by molar-refractivity contribution is 5.96. The molecule has 0 aromatic heterocycles. The van der Waals surface area contributed by atoms with Gasteiger partial charge in [0.05, 0.1) is 0 Å². The van der Waals surface area contributed by atoms with Crippen molar-refractivity contribution in [2.24, 2.45) is 0 Å². The highest BCUT2D eigenvalue weighted by atomic mass is 19.1. The number of benzene rings is 2. The van der Waals surface area contributed by atoms with E-state index in [1.807, 2.05) is 12.1 Å². The number of ether oxygens (including phenoxy) is 1. The molecule has 0 fully saturated rings. The molecule has 2 amide bonds. The summed E-state index contributed by atoms with van der Waals surface area (Å²) in [5.41, 5.74) is 2.57. The molecular formula is C19H19FN2O3. The monoisotopic (exact) mass is 342 g/mol. The van der Waals surface area contributed by atoms with Crippen LogP contribution in [0.15, 0.2) is 42.5 Å². The van der Waals surface area contributed by atoms with E-state index in [2.05, 4.69) is 5.32 Å². The molecule has 0 spiro atoms. The molecule has 130 valence electrons. The number of nitrogens with zero attached hydrogens (tertiary/aromatic N) is 1. The van der Waals surface area contributed by atoms with Crippen LogP contribution in [0.1, 0.15) is 19.4 Å². The van der Waals surface area contributed by atoms with Gasteiger partial charge in [0.15, 0.2) is 6.10 Å². The quantitative estimate of drug-likeness (QED) is 0.929. The van der Waals surface area contributed by atoms with Crippen molar-refractivity contribution in [2.45, 2.75) is 26.4 Å². The van der Waals surface area contributed by atoms with Gasteiger partial charge >= 0.3 is 0 Å². The molecule has 1 heterocycles. The third-order valence-corrected chi connectivity index (χ3v) is 4.12. The Balaban J connectivity index is 1.65. The first kappa shape index (κ1) is 17.0. The summed E-state index contributed by atoms with van der Waals surface area (Å²) in [4.78, 5) is 25.6. The minimum Gasteiger partial charge on any atom is -0.481 e. The first-order chi connectivity index (χ1) is 11.9. The van der Waals surface area contributed by atoms with E-state index in [-0.39, 0.29) is 17.6 Å².